The highest BCUT2D eigenvalue weighted by atomic mass is 35.5. The number of halogens is 3. The van der Waals surface area contributed by atoms with Crippen LogP contribution in [0.3, 0.4) is 0 Å². The summed E-state index contributed by atoms with van der Waals surface area (Å²) in [5, 5.41) is 11.6. The third-order valence-corrected chi connectivity index (χ3v) is 6.26. The van der Waals surface area contributed by atoms with Crippen molar-refractivity contribution in [1.82, 2.24) is 0 Å². The summed E-state index contributed by atoms with van der Waals surface area (Å²) in [4.78, 5) is 35.5. The van der Waals surface area contributed by atoms with Gasteiger partial charge in [-0.2, -0.15) is 0 Å². The van der Waals surface area contributed by atoms with Gasteiger partial charge in [0.05, 0.1) is 22.7 Å². The summed E-state index contributed by atoms with van der Waals surface area (Å²) in [6.45, 7) is 6.79. The summed E-state index contributed by atoms with van der Waals surface area (Å²) in [7, 11) is 1.13. The Morgan fingerprint density at radius 3 is 2.35 bits per heavy atom. The van der Waals surface area contributed by atoms with E-state index in [9.17, 15) is 19.7 Å². The minimum Gasteiger partial charge on any atom is -0.465 e. The van der Waals surface area contributed by atoms with Gasteiger partial charge >= 0.3 is 5.97 Å². The second-order valence-corrected chi connectivity index (χ2v) is 9.23. The van der Waals surface area contributed by atoms with E-state index in [0.29, 0.717) is 17.4 Å². The monoisotopic (exact) mass is 610 g/mol. The van der Waals surface area contributed by atoms with Crippen LogP contribution in [-0.4, -0.2) is 43.1 Å². The van der Waals surface area contributed by atoms with Gasteiger partial charge in [-0.3, -0.25) is 19.8 Å². The van der Waals surface area contributed by atoms with Crippen LogP contribution in [0.15, 0.2) is 54.6 Å². The van der Waals surface area contributed by atoms with E-state index in [0.717, 1.165) is 36.4 Å². The van der Waals surface area contributed by atoms with Gasteiger partial charge in [0.25, 0.3) is 5.69 Å². The van der Waals surface area contributed by atoms with Crippen molar-refractivity contribution >= 4 is 58.1 Å². The van der Waals surface area contributed by atoms with E-state index in [1.54, 1.807) is 17.0 Å². The molecule has 3 aromatic rings. The van der Waals surface area contributed by atoms with E-state index in [-0.39, 0.29) is 40.5 Å². The molecule has 0 atom stereocenters. The van der Waals surface area contributed by atoms with Crippen molar-refractivity contribution in [2.24, 2.45) is 0 Å². The van der Waals surface area contributed by atoms with Crippen LogP contribution in [0.1, 0.15) is 35.3 Å². The molecule has 214 valence electrons. The van der Waals surface area contributed by atoms with Crippen molar-refractivity contribution in [2.45, 2.75) is 27.2 Å². The second-order valence-electron chi connectivity index (χ2n) is 8.12. The highest BCUT2D eigenvalue weighted by molar-refractivity contribution is 6.35. The van der Waals surface area contributed by atoms with Crippen molar-refractivity contribution < 1.29 is 28.7 Å². The Bertz CT molecular complexity index is 1350. The van der Waals surface area contributed by atoms with Gasteiger partial charge in [0.2, 0.25) is 5.91 Å². The number of nitro groups is 1. The first kappa shape index (κ1) is 32.8. The number of hydrogen-bond acceptors (Lipinski definition) is 7. The van der Waals surface area contributed by atoms with Crippen LogP contribution in [0, 0.1) is 17.0 Å². The Balaban J connectivity index is 0.000000286. The van der Waals surface area contributed by atoms with Gasteiger partial charge in [0, 0.05) is 23.8 Å². The molecule has 0 N–H and O–H groups in total. The van der Waals surface area contributed by atoms with Crippen LogP contribution in [0.2, 0.25) is 10.0 Å². The number of anilines is 1. The second kappa shape index (κ2) is 16.0. The molecule has 0 aliphatic carbocycles. The highest BCUT2D eigenvalue weighted by Crippen LogP contribution is 2.33. The van der Waals surface area contributed by atoms with E-state index in [1.807, 2.05) is 32.0 Å². The Kier molecular flexibility index (Phi) is 13.2. The summed E-state index contributed by atoms with van der Waals surface area (Å²) in [5.74, 6) is -0.496. The van der Waals surface area contributed by atoms with E-state index in [4.69, 9.17) is 44.3 Å². The molecule has 12 heteroatoms. The maximum absolute atomic E-state index is 12.0. The zero-order chi connectivity index (χ0) is 29.8. The van der Waals surface area contributed by atoms with Crippen molar-refractivity contribution in [1.29, 1.82) is 0 Å². The smallest absolute Gasteiger partial charge is 0.345 e. The van der Waals surface area contributed by atoms with E-state index in [2.05, 4.69) is 11.7 Å². The third-order valence-electron chi connectivity index (χ3n) is 5.50. The highest BCUT2D eigenvalue weighted by Gasteiger charge is 2.22. The molecule has 0 aliphatic heterocycles. The van der Waals surface area contributed by atoms with Crippen molar-refractivity contribution in [2.75, 3.05) is 31.2 Å². The standard InChI is InChI=1S/C14H9Cl2NO5.C14H20ClNO2/c1-21-14(18)10-7-9(3-4-12(10)17(19)20)22-13-5-2-8(15)6-11(13)16;1-4-12-8-6-7-11(3)14(12)16(10-18-5-2)13(17)9-15/h2-7H,1H3;6-8H,4-5,9-10H2,1-3H3. The van der Waals surface area contributed by atoms with Gasteiger partial charge in [-0.15, -0.1) is 11.6 Å². The molecular formula is C28H29Cl3N2O7. The number of rotatable bonds is 10. The number of hydrogen-bond donors (Lipinski definition) is 0. The molecule has 0 radical (unpaired) electrons. The fourth-order valence-electron chi connectivity index (χ4n) is 3.60. The fraction of sp³-hybridized carbons (Fsp3) is 0.286. The van der Waals surface area contributed by atoms with Gasteiger partial charge in [-0.05, 0) is 55.7 Å². The molecule has 0 saturated heterocycles. The minimum absolute atomic E-state index is 0.0371. The predicted octanol–water partition coefficient (Wildman–Crippen LogP) is 7.60. The maximum atomic E-state index is 12.0. The van der Waals surface area contributed by atoms with Crippen molar-refractivity contribution in [3.8, 4) is 11.5 Å². The number of carbonyl (C=O) groups excluding carboxylic acids is 2. The summed E-state index contributed by atoms with van der Waals surface area (Å²) >= 11 is 17.4. The number of carbonyl (C=O) groups is 2. The van der Waals surface area contributed by atoms with Crippen LogP contribution in [0.5, 0.6) is 11.5 Å². The number of ether oxygens (including phenoxy) is 3. The van der Waals surface area contributed by atoms with Gasteiger partial charge in [0.1, 0.15) is 29.7 Å². The van der Waals surface area contributed by atoms with Gasteiger partial charge in [-0.1, -0.05) is 48.3 Å². The summed E-state index contributed by atoms with van der Waals surface area (Å²) in [6, 6.07) is 14.4. The number of nitrogens with zero attached hydrogens (tertiary/aromatic N) is 2. The first-order chi connectivity index (χ1) is 19.1. The number of amides is 1. The number of para-hydroxylation sites is 1. The van der Waals surface area contributed by atoms with Crippen LogP contribution >= 0.6 is 34.8 Å². The molecule has 0 bridgehead atoms. The summed E-state index contributed by atoms with van der Waals surface area (Å²) in [5.41, 5.74) is 2.54. The molecule has 9 nitrogen and oxygen atoms in total. The van der Waals surface area contributed by atoms with Crippen LogP contribution in [-0.2, 0) is 20.7 Å². The molecule has 40 heavy (non-hydrogen) atoms. The maximum Gasteiger partial charge on any atom is 0.345 e. The van der Waals surface area contributed by atoms with E-state index >= 15 is 0 Å². The summed E-state index contributed by atoms with van der Waals surface area (Å²) < 4.78 is 15.4. The Labute approximate surface area is 247 Å². The largest absolute Gasteiger partial charge is 0.465 e. The van der Waals surface area contributed by atoms with E-state index in [1.165, 1.54) is 18.2 Å². The zero-order valence-electron chi connectivity index (χ0n) is 22.4. The number of esters is 1. The molecule has 0 saturated carbocycles. The predicted molar refractivity (Wildman–Crippen MR) is 156 cm³/mol. The average molecular weight is 612 g/mol. The molecule has 0 spiro atoms. The number of alkyl halides is 1. The lowest BCUT2D eigenvalue weighted by Gasteiger charge is -2.25. The Hall–Kier alpha value is -3.37. The van der Waals surface area contributed by atoms with Crippen molar-refractivity contribution in [3.05, 3.63) is 91.4 Å². The molecule has 3 rings (SSSR count). The van der Waals surface area contributed by atoms with Crippen molar-refractivity contribution in [3.63, 3.8) is 0 Å². The SMILES string of the molecule is CCOCN(C(=O)CCl)c1c(C)cccc1CC.COC(=O)c1cc(Oc2ccc(Cl)cc2Cl)ccc1[N+](=O)[O-]. The normalized spacial score (nSPS) is 10.3. The molecule has 3 aromatic carbocycles. The molecule has 0 aromatic heterocycles. The van der Waals surface area contributed by atoms with Gasteiger partial charge in [0.15, 0.2) is 0 Å². The molecule has 0 aliphatic rings. The summed E-state index contributed by atoms with van der Waals surface area (Å²) in [6.07, 6.45) is 0.870. The zero-order valence-corrected chi connectivity index (χ0v) is 24.7. The lowest BCUT2D eigenvalue weighted by atomic mass is 10.0. The fourth-order valence-corrected chi connectivity index (χ4v) is 4.19. The van der Waals surface area contributed by atoms with Gasteiger partial charge < -0.3 is 14.2 Å². The number of methoxy groups -OCH3 is 1. The Morgan fingerprint density at radius 2 is 1.77 bits per heavy atom. The Morgan fingerprint density at radius 1 is 1.05 bits per heavy atom. The lowest BCUT2D eigenvalue weighted by Crippen LogP contribution is -2.35. The minimum atomic E-state index is -0.834. The topological polar surface area (TPSA) is 108 Å². The number of aryl methyl sites for hydroxylation is 2. The molecule has 1 amide bonds. The lowest BCUT2D eigenvalue weighted by molar-refractivity contribution is -0.385. The van der Waals surface area contributed by atoms with Crippen LogP contribution in [0.4, 0.5) is 11.4 Å². The van der Waals surface area contributed by atoms with Gasteiger partial charge in [-0.25, -0.2) is 4.79 Å². The third kappa shape index (κ3) is 8.82. The molecule has 0 unspecified atom stereocenters. The first-order valence-electron chi connectivity index (χ1n) is 12.1. The number of benzene rings is 3. The average Bonchev–Trinajstić information content (AvgIpc) is 2.94. The quantitative estimate of drug-likeness (QED) is 0.0763. The first-order valence-corrected chi connectivity index (χ1v) is 13.4. The van der Waals surface area contributed by atoms with Crippen LogP contribution in [0.25, 0.3) is 0 Å². The molecule has 0 heterocycles. The number of nitro benzene ring substituents is 1. The molecule has 0 fully saturated rings. The van der Waals surface area contributed by atoms with E-state index < -0.39 is 10.9 Å². The van der Waals surface area contributed by atoms with Crippen LogP contribution < -0.4 is 9.64 Å². The molecular weight excluding hydrogens is 583 g/mol.